The van der Waals surface area contributed by atoms with Crippen LogP contribution in [0.25, 0.3) is 0 Å². The van der Waals surface area contributed by atoms with Crippen LogP contribution in [0.15, 0.2) is 47.4 Å². The van der Waals surface area contributed by atoms with E-state index in [2.05, 4.69) is 0 Å². The minimum Gasteiger partial charge on any atom is -0.305 e. The number of amides is 1. The van der Waals surface area contributed by atoms with Crippen LogP contribution in [-0.4, -0.2) is 18.7 Å². The van der Waals surface area contributed by atoms with Crippen LogP contribution in [0.3, 0.4) is 0 Å². The van der Waals surface area contributed by atoms with Gasteiger partial charge in [0.2, 0.25) is 0 Å². The fourth-order valence-corrected chi connectivity index (χ4v) is 3.10. The summed E-state index contributed by atoms with van der Waals surface area (Å²) in [6, 6.07) is 12.5. The fraction of sp³-hybridized carbons (Fsp3) is 0.235. The van der Waals surface area contributed by atoms with Crippen molar-refractivity contribution in [1.82, 2.24) is 0 Å². The van der Waals surface area contributed by atoms with E-state index in [1.165, 1.54) is 6.07 Å². The number of rotatable bonds is 2. The van der Waals surface area contributed by atoms with Crippen LogP contribution in [0, 0.1) is 5.82 Å². The minimum absolute atomic E-state index is 0.131. The summed E-state index contributed by atoms with van der Waals surface area (Å²) in [5.41, 5.74) is 1.96. The van der Waals surface area contributed by atoms with Gasteiger partial charge in [0.25, 0.3) is 5.91 Å². The van der Waals surface area contributed by atoms with E-state index in [1.54, 1.807) is 22.7 Å². The highest BCUT2D eigenvalue weighted by Gasteiger charge is 2.26. The Hall–Kier alpha value is -1.81. The maximum absolute atomic E-state index is 14.1. The molecule has 0 spiro atoms. The second kappa shape index (κ2) is 5.90. The van der Waals surface area contributed by atoms with E-state index in [-0.39, 0.29) is 11.7 Å². The summed E-state index contributed by atoms with van der Waals surface area (Å²) in [6.07, 6.45) is 3.68. The number of hydrogen-bond donors (Lipinski definition) is 0. The molecule has 0 saturated carbocycles. The Balaban J connectivity index is 1.96. The Morgan fingerprint density at radius 2 is 1.95 bits per heavy atom. The van der Waals surface area contributed by atoms with Gasteiger partial charge in [0.05, 0.1) is 5.69 Å². The molecule has 21 heavy (non-hydrogen) atoms. The number of thioether (sulfide) groups is 1. The lowest BCUT2D eigenvalue weighted by Crippen LogP contribution is -2.36. The lowest BCUT2D eigenvalue weighted by molar-refractivity contribution is 0.0984. The highest BCUT2D eigenvalue weighted by molar-refractivity contribution is 7.98. The lowest BCUT2D eigenvalue weighted by Gasteiger charge is -2.29. The summed E-state index contributed by atoms with van der Waals surface area (Å²) < 4.78 is 14.1. The van der Waals surface area contributed by atoms with Gasteiger partial charge in [-0.1, -0.05) is 12.1 Å². The molecule has 4 heteroatoms. The van der Waals surface area contributed by atoms with Crippen molar-refractivity contribution in [2.24, 2.45) is 0 Å². The molecule has 0 bridgehead atoms. The average molecular weight is 301 g/mol. The number of fused-ring (bicyclic) bond motifs is 1. The van der Waals surface area contributed by atoms with Crippen LogP contribution >= 0.6 is 11.8 Å². The van der Waals surface area contributed by atoms with Gasteiger partial charge < -0.3 is 4.90 Å². The molecule has 0 saturated heterocycles. The summed E-state index contributed by atoms with van der Waals surface area (Å²) in [5, 5.41) is 0. The average Bonchev–Trinajstić information content (AvgIpc) is 2.54. The predicted molar refractivity (Wildman–Crippen MR) is 84.6 cm³/mol. The number of benzene rings is 2. The SMILES string of the molecule is CSc1ccc(C(=O)N2CCCc3cccc(F)c32)cc1. The molecule has 0 radical (unpaired) electrons. The topological polar surface area (TPSA) is 20.3 Å². The van der Waals surface area contributed by atoms with E-state index in [0.717, 1.165) is 23.3 Å². The monoisotopic (exact) mass is 301 g/mol. The van der Waals surface area contributed by atoms with Gasteiger partial charge in [0.1, 0.15) is 5.82 Å². The third-order valence-electron chi connectivity index (χ3n) is 3.75. The van der Waals surface area contributed by atoms with Crippen molar-refractivity contribution in [3.05, 3.63) is 59.4 Å². The molecule has 2 nitrogen and oxygen atoms in total. The number of para-hydroxylation sites is 1. The molecule has 1 aliphatic rings. The molecule has 1 aliphatic heterocycles. The molecule has 1 amide bonds. The third-order valence-corrected chi connectivity index (χ3v) is 4.49. The van der Waals surface area contributed by atoms with E-state index < -0.39 is 0 Å². The summed E-state index contributed by atoms with van der Waals surface area (Å²) >= 11 is 1.63. The number of aryl methyl sites for hydroxylation is 1. The second-order valence-electron chi connectivity index (χ2n) is 5.04. The summed E-state index contributed by atoms with van der Waals surface area (Å²) in [5.74, 6) is -0.449. The fourth-order valence-electron chi connectivity index (χ4n) is 2.70. The standard InChI is InChI=1S/C17H16FNOS/c1-21-14-9-7-13(8-10-14)17(20)19-11-3-5-12-4-2-6-15(18)16(12)19/h2,4,6-10H,3,5,11H2,1H3. The molecule has 0 atom stereocenters. The van der Waals surface area contributed by atoms with Gasteiger partial charge in [0.15, 0.2) is 0 Å². The Morgan fingerprint density at radius 3 is 2.67 bits per heavy atom. The van der Waals surface area contributed by atoms with Crippen molar-refractivity contribution in [2.75, 3.05) is 17.7 Å². The zero-order valence-electron chi connectivity index (χ0n) is 11.8. The highest BCUT2D eigenvalue weighted by Crippen LogP contribution is 2.31. The molecule has 2 aromatic carbocycles. The van der Waals surface area contributed by atoms with Crippen LogP contribution in [0.1, 0.15) is 22.3 Å². The zero-order chi connectivity index (χ0) is 14.8. The Bertz CT molecular complexity index is 669. The van der Waals surface area contributed by atoms with Crippen LogP contribution in [0.4, 0.5) is 10.1 Å². The third kappa shape index (κ3) is 2.68. The number of nitrogens with zero attached hydrogens (tertiary/aromatic N) is 1. The van der Waals surface area contributed by atoms with Crippen LogP contribution in [0.5, 0.6) is 0 Å². The van der Waals surface area contributed by atoms with Crippen molar-refractivity contribution in [2.45, 2.75) is 17.7 Å². The van der Waals surface area contributed by atoms with E-state index in [9.17, 15) is 9.18 Å². The number of carbonyl (C=O) groups is 1. The Kier molecular flexibility index (Phi) is 3.97. The van der Waals surface area contributed by atoms with E-state index in [1.807, 2.05) is 36.6 Å². The van der Waals surface area contributed by atoms with Gasteiger partial charge >= 0.3 is 0 Å². The van der Waals surface area contributed by atoms with Crippen molar-refractivity contribution in [3.8, 4) is 0 Å². The van der Waals surface area contributed by atoms with Gasteiger partial charge in [0, 0.05) is 17.0 Å². The largest absolute Gasteiger partial charge is 0.305 e. The quantitative estimate of drug-likeness (QED) is 0.777. The summed E-state index contributed by atoms with van der Waals surface area (Å²) in [7, 11) is 0. The first-order valence-corrected chi connectivity index (χ1v) is 8.16. The van der Waals surface area contributed by atoms with Crippen LogP contribution < -0.4 is 4.90 Å². The summed E-state index contributed by atoms with van der Waals surface area (Å²) in [4.78, 5) is 15.3. The number of anilines is 1. The molecule has 3 rings (SSSR count). The maximum atomic E-state index is 14.1. The lowest BCUT2D eigenvalue weighted by atomic mass is 10.0. The molecular formula is C17H16FNOS. The number of halogens is 1. The molecule has 2 aromatic rings. The van der Waals surface area contributed by atoms with Crippen molar-refractivity contribution < 1.29 is 9.18 Å². The van der Waals surface area contributed by atoms with Crippen molar-refractivity contribution in [1.29, 1.82) is 0 Å². The van der Waals surface area contributed by atoms with Gasteiger partial charge in [-0.15, -0.1) is 11.8 Å². The molecule has 0 N–H and O–H groups in total. The molecule has 0 aromatic heterocycles. The molecule has 108 valence electrons. The molecule has 0 aliphatic carbocycles. The molecule has 1 heterocycles. The van der Waals surface area contributed by atoms with Gasteiger partial charge in [-0.05, 0) is 55.0 Å². The smallest absolute Gasteiger partial charge is 0.258 e. The normalized spacial score (nSPS) is 13.9. The minimum atomic E-state index is -0.318. The first kappa shape index (κ1) is 14.1. The number of hydrogen-bond acceptors (Lipinski definition) is 2. The Labute approximate surface area is 128 Å². The van der Waals surface area contributed by atoms with E-state index in [4.69, 9.17) is 0 Å². The molecule has 0 fully saturated rings. The van der Waals surface area contributed by atoms with Crippen LogP contribution in [-0.2, 0) is 6.42 Å². The first-order valence-electron chi connectivity index (χ1n) is 6.94. The van der Waals surface area contributed by atoms with E-state index in [0.29, 0.717) is 17.8 Å². The zero-order valence-corrected chi connectivity index (χ0v) is 12.6. The Morgan fingerprint density at radius 1 is 1.19 bits per heavy atom. The molecular weight excluding hydrogens is 285 g/mol. The first-order chi connectivity index (χ1) is 10.2. The predicted octanol–water partition coefficient (Wildman–Crippen LogP) is 4.14. The van der Waals surface area contributed by atoms with Crippen LogP contribution in [0.2, 0.25) is 0 Å². The number of carbonyl (C=O) groups excluding carboxylic acids is 1. The summed E-state index contributed by atoms with van der Waals surface area (Å²) in [6.45, 7) is 0.567. The van der Waals surface area contributed by atoms with Gasteiger partial charge in [-0.25, -0.2) is 4.39 Å². The van der Waals surface area contributed by atoms with Crippen molar-refractivity contribution in [3.63, 3.8) is 0 Å². The maximum Gasteiger partial charge on any atom is 0.258 e. The molecule has 0 unspecified atom stereocenters. The van der Waals surface area contributed by atoms with E-state index >= 15 is 0 Å². The van der Waals surface area contributed by atoms with Gasteiger partial charge in [-0.3, -0.25) is 4.79 Å². The highest BCUT2D eigenvalue weighted by atomic mass is 32.2. The second-order valence-corrected chi connectivity index (χ2v) is 5.92. The van der Waals surface area contributed by atoms with Crippen molar-refractivity contribution >= 4 is 23.4 Å². The van der Waals surface area contributed by atoms with Gasteiger partial charge in [-0.2, -0.15) is 0 Å².